The summed E-state index contributed by atoms with van der Waals surface area (Å²) < 4.78 is 11.3. The third-order valence-electron chi connectivity index (χ3n) is 2.02. The molecule has 2 rings (SSSR count). The highest BCUT2D eigenvalue weighted by Crippen LogP contribution is 2.28. The van der Waals surface area contributed by atoms with Crippen LogP contribution in [-0.2, 0) is 9.47 Å². The zero-order chi connectivity index (χ0) is 7.90. The first kappa shape index (κ1) is 7.49. The maximum atomic E-state index is 5.63. The van der Waals surface area contributed by atoms with Crippen molar-refractivity contribution in [3.63, 3.8) is 0 Å². The van der Waals surface area contributed by atoms with Crippen LogP contribution in [0.3, 0.4) is 0 Å². The molecule has 2 unspecified atom stereocenters. The Balaban J connectivity index is 2.03. The SMILES string of the molecule is CC1(C)OC2CNNCC2O1. The number of nitrogens with one attached hydrogen (secondary N) is 2. The van der Waals surface area contributed by atoms with Crippen LogP contribution in [0.15, 0.2) is 0 Å². The van der Waals surface area contributed by atoms with Crippen LogP contribution in [0, 0.1) is 0 Å². The summed E-state index contributed by atoms with van der Waals surface area (Å²) in [6, 6.07) is 0. The summed E-state index contributed by atoms with van der Waals surface area (Å²) in [5.74, 6) is -0.400. The highest BCUT2D eigenvalue weighted by Gasteiger charge is 2.42. The summed E-state index contributed by atoms with van der Waals surface area (Å²) >= 11 is 0. The lowest BCUT2D eigenvalue weighted by atomic mass is 10.2. The van der Waals surface area contributed by atoms with Gasteiger partial charge in [-0.2, -0.15) is 0 Å². The van der Waals surface area contributed by atoms with Crippen LogP contribution in [-0.4, -0.2) is 31.1 Å². The molecule has 2 aliphatic rings. The van der Waals surface area contributed by atoms with Gasteiger partial charge in [-0.15, -0.1) is 0 Å². The molecule has 11 heavy (non-hydrogen) atoms. The number of ether oxygens (including phenoxy) is 2. The highest BCUT2D eigenvalue weighted by molar-refractivity contribution is 4.86. The van der Waals surface area contributed by atoms with Gasteiger partial charge in [0.05, 0.1) is 0 Å². The van der Waals surface area contributed by atoms with Crippen LogP contribution in [0.2, 0.25) is 0 Å². The number of hydrogen-bond donors (Lipinski definition) is 2. The molecule has 2 aliphatic heterocycles. The fourth-order valence-electron chi connectivity index (χ4n) is 1.60. The third kappa shape index (κ3) is 1.39. The molecule has 4 nitrogen and oxygen atoms in total. The van der Waals surface area contributed by atoms with E-state index in [-0.39, 0.29) is 12.2 Å². The van der Waals surface area contributed by atoms with Gasteiger partial charge >= 0.3 is 0 Å². The summed E-state index contributed by atoms with van der Waals surface area (Å²) in [6.45, 7) is 5.55. The minimum Gasteiger partial charge on any atom is -0.343 e. The van der Waals surface area contributed by atoms with Crippen molar-refractivity contribution in [1.82, 2.24) is 10.9 Å². The Morgan fingerprint density at radius 2 is 1.55 bits per heavy atom. The maximum Gasteiger partial charge on any atom is 0.163 e. The Bertz CT molecular complexity index is 145. The molecule has 0 bridgehead atoms. The predicted octanol–water partition coefficient (Wildman–Crippen LogP) is -0.386. The quantitative estimate of drug-likeness (QED) is 0.504. The molecule has 0 aromatic heterocycles. The molecule has 0 aliphatic carbocycles. The van der Waals surface area contributed by atoms with E-state index in [2.05, 4.69) is 10.9 Å². The molecule has 2 heterocycles. The lowest BCUT2D eigenvalue weighted by Crippen LogP contribution is -2.52. The van der Waals surface area contributed by atoms with E-state index in [4.69, 9.17) is 9.47 Å². The van der Waals surface area contributed by atoms with E-state index in [1.54, 1.807) is 0 Å². The molecule has 2 fully saturated rings. The zero-order valence-corrected chi connectivity index (χ0v) is 6.89. The lowest BCUT2D eigenvalue weighted by Gasteiger charge is -2.23. The second-order valence-electron chi connectivity index (χ2n) is 3.47. The summed E-state index contributed by atoms with van der Waals surface area (Å²) in [5.41, 5.74) is 6.08. The van der Waals surface area contributed by atoms with Gasteiger partial charge in [-0.1, -0.05) is 0 Å². The zero-order valence-electron chi connectivity index (χ0n) is 6.89. The predicted molar refractivity (Wildman–Crippen MR) is 39.8 cm³/mol. The van der Waals surface area contributed by atoms with Crippen LogP contribution in [0.1, 0.15) is 13.8 Å². The molecule has 0 radical (unpaired) electrons. The maximum absolute atomic E-state index is 5.63. The monoisotopic (exact) mass is 158 g/mol. The molecule has 2 atom stereocenters. The first-order valence-electron chi connectivity index (χ1n) is 3.99. The number of rotatable bonds is 0. The number of hydrazine groups is 1. The van der Waals surface area contributed by atoms with E-state index in [9.17, 15) is 0 Å². The van der Waals surface area contributed by atoms with Crippen molar-refractivity contribution >= 4 is 0 Å². The van der Waals surface area contributed by atoms with Gasteiger partial charge in [-0.3, -0.25) is 10.9 Å². The molecule has 4 heteroatoms. The fraction of sp³-hybridized carbons (Fsp3) is 1.00. The largest absolute Gasteiger partial charge is 0.343 e. The minimum atomic E-state index is -0.400. The molecule has 0 spiro atoms. The van der Waals surface area contributed by atoms with Crippen molar-refractivity contribution in [1.29, 1.82) is 0 Å². The summed E-state index contributed by atoms with van der Waals surface area (Å²) in [6.07, 6.45) is 0.428. The van der Waals surface area contributed by atoms with Gasteiger partial charge in [0, 0.05) is 13.1 Å². The van der Waals surface area contributed by atoms with Crippen LogP contribution in [0.4, 0.5) is 0 Å². The number of fused-ring (bicyclic) bond motifs is 1. The Hall–Kier alpha value is -0.160. The van der Waals surface area contributed by atoms with Gasteiger partial charge in [0.2, 0.25) is 0 Å². The second kappa shape index (κ2) is 2.42. The smallest absolute Gasteiger partial charge is 0.163 e. The van der Waals surface area contributed by atoms with Gasteiger partial charge in [-0.05, 0) is 13.8 Å². The van der Waals surface area contributed by atoms with E-state index >= 15 is 0 Å². The fourth-order valence-corrected chi connectivity index (χ4v) is 1.60. The first-order chi connectivity index (χ1) is 5.17. The van der Waals surface area contributed by atoms with E-state index in [0.29, 0.717) is 0 Å². The van der Waals surface area contributed by atoms with E-state index in [1.165, 1.54) is 0 Å². The topological polar surface area (TPSA) is 42.5 Å². The standard InChI is InChI=1S/C7H14N2O2/c1-7(2)10-5-3-8-9-4-6(5)11-7/h5-6,8-9H,3-4H2,1-2H3. The van der Waals surface area contributed by atoms with Crippen LogP contribution < -0.4 is 10.9 Å². The van der Waals surface area contributed by atoms with Crippen molar-refractivity contribution in [3.05, 3.63) is 0 Å². The Kier molecular flexibility index (Phi) is 1.64. The summed E-state index contributed by atoms with van der Waals surface area (Å²) in [4.78, 5) is 0. The molecule has 0 aromatic rings. The van der Waals surface area contributed by atoms with E-state index < -0.39 is 5.79 Å². The molecule has 2 N–H and O–H groups in total. The first-order valence-corrected chi connectivity index (χ1v) is 3.99. The summed E-state index contributed by atoms with van der Waals surface area (Å²) in [7, 11) is 0. The Morgan fingerprint density at radius 1 is 1.09 bits per heavy atom. The molecular formula is C7H14N2O2. The van der Waals surface area contributed by atoms with Crippen molar-refractivity contribution < 1.29 is 9.47 Å². The van der Waals surface area contributed by atoms with Crippen LogP contribution in [0.5, 0.6) is 0 Å². The van der Waals surface area contributed by atoms with E-state index in [1.807, 2.05) is 13.8 Å². The third-order valence-corrected chi connectivity index (χ3v) is 2.02. The van der Waals surface area contributed by atoms with Gasteiger partial charge in [0.15, 0.2) is 5.79 Å². The molecule has 0 saturated carbocycles. The van der Waals surface area contributed by atoms with Crippen molar-refractivity contribution in [2.24, 2.45) is 0 Å². The molecule has 0 aromatic carbocycles. The second-order valence-corrected chi connectivity index (χ2v) is 3.47. The average molecular weight is 158 g/mol. The molecule has 2 saturated heterocycles. The number of hydrogen-bond acceptors (Lipinski definition) is 4. The molecule has 0 amide bonds. The average Bonchev–Trinajstić information content (AvgIpc) is 2.21. The van der Waals surface area contributed by atoms with Crippen LogP contribution >= 0.6 is 0 Å². The van der Waals surface area contributed by atoms with Crippen molar-refractivity contribution in [3.8, 4) is 0 Å². The molecule has 64 valence electrons. The normalized spacial score (nSPS) is 42.0. The van der Waals surface area contributed by atoms with Gasteiger partial charge < -0.3 is 9.47 Å². The Morgan fingerprint density at radius 3 is 2.00 bits per heavy atom. The minimum absolute atomic E-state index is 0.214. The van der Waals surface area contributed by atoms with Crippen LogP contribution in [0.25, 0.3) is 0 Å². The van der Waals surface area contributed by atoms with E-state index in [0.717, 1.165) is 13.1 Å². The van der Waals surface area contributed by atoms with Gasteiger partial charge in [0.25, 0.3) is 0 Å². The lowest BCUT2D eigenvalue weighted by molar-refractivity contribution is -0.143. The highest BCUT2D eigenvalue weighted by atomic mass is 16.8. The van der Waals surface area contributed by atoms with Gasteiger partial charge in [-0.25, -0.2) is 0 Å². The van der Waals surface area contributed by atoms with Crippen molar-refractivity contribution in [2.45, 2.75) is 31.8 Å². The van der Waals surface area contributed by atoms with Crippen molar-refractivity contribution in [2.75, 3.05) is 13.1 Å². The summed E-state index contributed by atoms with van der Waals surface area (Å²) in [5, 5.41) is 0. The molecular weight excluding hydrogens is 144 g/mol. The van der Waals surface area contributed by atoms with Gasteiger partial charge in [0.1, 0.15) is 12.2 Å². The Labute approximate surface area is 66.2 Å².